The van der Waals surface area contributed by atoms with Gasteiger partial charge >= 0.3 is 5.97 Å². The van der Waals surface area contributed by atoms with Gasteiger partial charge in [-0.15, -0.1) is 0 Å². The third kappa shape index (κ3) is 3.58. The topological polar surface area (TPSA) is 98.8 Å². The van der Waals surface area contributed by atoms with Gasteiger partial charge in [0.25, 0.3) is 11.0 Å². The lowest BCUT2D eigenvalue weighted by atomic mass is 9.82. The summed E-state index contributed by atoms with van der Waals surface area (Å²) < 4.78 is 32.4. The minimum atomic E-state index is -3.02. The van der Waals surface area contributed by atoms with Crippen LogP contribution < -0.4 is 5.32 Å². The predicted molar refractivity (Wildman–Crippen MR) is 82.9 cm³/mol. The molecule has 0 aromatic heterocycles. The highest BCUT2D eigenvalue weighted by atomic mass is 32.2. The maximum atomic E-state index is 12.0. The van der Waals surface area contributed by atoms with Crippen LogP contribution in [-0.2, 0) is 29.5 Å². The second-order valence-electron chi connectivity index (χ2n) is 6.82. The SMILES string of the molecule is C=C(C)C(=O)NCC(=O)OC1C(O[SH](=O)=O)C2CCC1C2(C)C. The number of hydrogen-bond donors (Lipinski definition) is 2. The van der Waals surface area contributed by atoms with Crippen LogP contribution in [0.5, 0.6) is 0 Å². The number of amides is 1. The van der Waals surface area contributed by atoms with E-state index in [0.29, 0.717) is 5.57 Å². The van der Waals surface area contributed by atoms with Crippen molar-refractivity contribution < 1.29 is 26.9 Å². The molecule has 2 saturated carbocycles. The Kier molecular flexibility index (Phi) is 5.15. The zero-order chi connectivity index (χ0) is 17.4. The quantitative estimate of drug-likeness (QED) is 0.415. The highest BCUT2D eigenvalue weighted by molar-refractivity contribution is 7.67. The molecule has 0 spiro atoms. The van der Waals surface area contributed by atoms with Crippen molar-refractivity contribution in [2.24, 2.45) is 17.3 Å². The van der Waals surface area contributed by atoms with Crippen LogP contribution in [0.15, 0.2) is 12.2 Å². The fourth-order valence-electron chi connectivity index (χ4n) is 3.89. The second kappa shape index (κ2) is 6.60. The first-order valence-corrected chi connectivity index (χ1v) is 8.68. The molecule has 23 heavy (non-hydrogen) atoms. The van der Waals surface area contributed by atoms with E-state index in [-0.39, 0.29) is 23.8 Å². The van der Waals surface area contributed by atoms with E-state index in [4.69, 9.17) is 8.92 Å². The van der Waals surface area contributed by atoms with Crippen LogP contribution in [0.25, 0.3) is 0 Å². The van der Waals surface area contributed by atoms with E-state index in [0.717, 1.165) is 12.8 Å². The summed E-state index contributed by atoms with van der Waals surface area (Å²) in [6.07, 6.45) is 0.464. The number of ether oxygens (including phenoxy) is 1. The van der Waals surface area contributed by atoms with Crippen LogP contribution in [0.2, 0.25) is 0 Å². The van der Waals surface area contributed by atoms with E-state index in [9.17, 15) is 18.0 Å². The largest absolute Gasteiger partial charge is 0.458 e. The molecule has 0 aromatic carbocycles. The molecule has 1 N–H and O–H groups in total. The van der Waals surface area contributed by atoms with Gasteiger partial charge in [0.1, 0.15) is 18.8 Å². The lowest BCUT2D eigenvalue weighted by Crippen LogP contribution is -2.41. The van der Waals surface area contributed by atoms with Gasteiger partial charge < -0.3 is 10.1 Å². The van der Waals surface area contributed by atoms with Gasteiger partial charge in [0.05, 0.1) is 0 Å². The summed E-state index contributed by atoms with van der Waals surface area (Å²) >= 11 is 0. The molecule has 4 atom stereocenters. The van der Waals surface area contributed by atoms with Crippen molar-refractivity contribution >= 4 is 22.9 Å². The second-order valence-corrected chi connectivity index (χ2v) is 7.48. The van der Waals surface area contributed by atoms with Gasteiger partial charge in [0.2, 0.25) is 5.91 Å². The standard InChI is InChI=1S/C15H23NO6S/c1-8(2)14(18)16-7-11(17)21-12-9-5-6-10(15(9,3)4)13(12)22-23(19)20/h9-10,12-13,23H,1,5-7H2,2-4H3,(H,16,18). The molecule has 0 radical (unpaired) electrons. The third-order valence-electron chi connectivity index (χ3n) is 5.07. The number of hydrogen-bond acceptors (Lipinski definition) is 6. The molecular weight excluding hydrogens is 322 g/mol. The summed E-state index contributed by atoms with van der Waals surface area (Å²) in [4.78, 5) is 23.4. The van der Waals surface area contributed by atoms with Crippen LogP contribution in [0.4, 0.5) is 0 Å². The summed E-state index contributed by atoms with van der Waals surface area (Å²) in [5, 5.41) is 2.40. The number of carbonyl (C=O) groups excluding carboxylic acids is 2. The Hall–Kier alpha value is -1.41. The molecule has 0 heterocycles. The van der Waals surface area contributed by atoms with Crippen molar-refractivity contribution in [2.75, 3.05) is 6.54 Å². The molecule has 4 unspecified atom stereocenters. The smallest absolute Gasteiger partial charge is 0.325 e. The Labute approximate surface area is 137 Å². The summed E-state index contributed by atoms with van der Waals surface area (Å²) in [5.41, 5.74) is 0.144. The lowest BCUT2D eigenvalue weighted by Gasteiger charge is -2.28. The van der Waals surface area contributed by atoms with Crippen LogP contribution in [0.3, 0.4) is 0 Å². The molecule has 0 aromatic rings. The first kappa shape index (κ1) is 17.9. The number of nitrogens with one attached hydrogen (secondary N) is 1. The van der Waals surface area contributed by atoms with E-state index in [1.54, 1.807) is 0 Å². The average molecular weight is 345 g/mol. The molecule has 7 nitrogen and oxygen atoms in total. The molecule has 130 valence electrons. The van der Waals surface area contributed by atoms with Crippen LogP contribution in [-0.4, -0.2) is 39.0 Å². The van der Waals surface area contributed by atoms with Crippen molar-refractivity contribution in [1.82, 2.24) is 5.32 Å². The Morgan fingerprint density at radius 3 is 2.30 bits per heavy atom. The number of rotatable bonds is 6. The zero-order valence-electron chi connectivity index (χ0n) is 13.5. The Balaban J connectivity index is 2.03. The first-order valence-electron chi connectivity index (χ1n) is 7.59. The lowest BCUT2D eigenvalue weighted by molar-refractivity contribution is -0.156. The third-order valence-corrected chi connectivity index (χ3v) is 5.49. The molecule has 2 fully saturated rings. The van der Waals surface area contributed by atoms with Gasteiger partial charge in [-0.05, 0) is 31.1 Å². The van der Waals surface area contributed by atoms with Gasteiger partial charge in [0, 0.05) is 11.5 Å². The van der Waals surface area contributed by atoms with Crippen molar-refractivity contribution in [3.05, 3.63) is 12.2 Å². The Morgan fingerprint density at radius 2 is 1.78 bits per heavy atom. The van der Waals surface area contributed by atoms with Gasteiger partial charge in [-0.3, -0.25) is 13.8 Å². The van der Waals surface area contributed by atoms with Crippen molar-refractivity contribution in [3.63, 3.8) is 0 Å². The molecule has 2 bridgehead atoms. The van der Waals surface area contributed by atoms with E-state index >= 15 is 0 Å². The molecule has 2 aliphatic rings. The van der Waals surface area contributed by atoms with Gasteiger partial charge in [-0.25, -0.2) is 8.42 Å². The maximum Gasteiger partial charge on any atom is 0.325 e. The fraction of sp³-hybridized carbons (Fsp3) is 0.733. The van der Waals surface area contributed by atoms with Gasteiger partial charge in [-0.1, -0.05) is 20.4 Å². The normalized spacial score (nSPS) is 31.1. The van der Waals surface area contributed by atoms with Crippen LogP contribution in [0.1, 0.15) is 33.6 Å². The number of thiol groups is 1. The minimum Gasteiger partial charge on any atom is -0.458 e. The zero-order valence-corrected chi connectivity index (χ0v) is 14.4. The maximum absolute atomic E-state index is 12.0. The Bertz CT molecular complexity index is 589. The van der Waals surface area contributed by atoms with Crippen LogP contribution in [0, 0.1) is 17.3 Å². The molecule has 2 rings (SSSR count). The molecular formula is C15H23NO6S. The number of fused-ring (bicyclic) bond motifs is 2. The highest BCUT2D eigenvalue weighted by Crippen LogP contribution is 2.59. The first-order chi connectivity index (χ1) is 10.6. The van der Waals surface area contributed by atoms with Gasteiger partial charge in [0.15, 0.2) is 0 Å². The monoisotopic (exact) mass is 345 g/mol. The predicted octanol–water partition coefficient (Wildman–Crippen LogP) is 0.568. The molecule has 1 amide bonds. The van der Waals surface area contributed by atoms with Crippen LogP contribution >= 0.6 is 0 Å². The van der Waals surface area contributed by atoms with Crippen molar-refractivity contribution in [2.45, 2.75) is 45.8 Å². The molecule has 0 saturated heterocycles. The van der Waals surface area contributed by atoms with E-state index in [2.05, 4.69) is 11.9 Å². The number of esters is 1. The number of carbonyl (C=O) groups is 2. The summed E-state index contributed by atoms with van der Waals surface area (Å²) in [7, 11) is -3.02. The molecule has 0 aliphatic heterocycles. The van der Waals surface area contributed by atoms with Crippen molar-refractivity contribution in [1.29, 1.82) is 0 Å². The molecule has 2 aliphatic carbocycles. The summed E-state index contributed by atoms with van der Waals surface area (Å²) in [5.74, 6) is -0.954. The summed E-state index contributed by atoms with van der Waals surface area (Å²) in [6, 6.07) is 0. The van der Waals surface area contributed by atoms with E-state index < -0.39 is 35.1 Å². The van der Waals surface area contributed by atoms with Crippen molar-refractivity contribution in [3.8, 4) is 0 Å². The Morgan fingerprint density at radius 1 is 1.22 bits per heavy atom. The highest BCUT2D eigenvalue weighted by Gasteiger charge is 2.61. The summed E-state index contributed by atoms with van der Waals surface area (Å²) in [6.45, 7) is 8.82. The average Bonchev–Trinajstić information content (AvgIpc) is 2.83. The van der Waals surface area contributed by atoms with Gasteiger partial charge in [-0.2, -0.15) is 0 Å². The van der Waals surface area contributed by atoms with E-state index in [1.807, 2.05) is 13.8 Å². The fourth-order valence-corrected chi connectivity index (χ4v) is 4.36. The minimum absolute atomic E-state index is 0.0308. The molecule has 8 heteroatoms. The van der Waals surface area contributed by atoms with E-state index in [1.165, 1.54) is 6.92 Å².